The van der Waals surface area contributed by atoms with E-state index in [9.17, 15) is 4.79 Å². The van der Waals surface area contributed by atoms with E-state index in [-0.39, 0.29) is 5.69 Å². The Morgan fingerprint density at radius 3 is 2.68 bits per heavy atom. The summed E-state index contributed by atoms with van der Waals surface area (Å²) in [6, 6.07) is 9.89. The molecule has 0 aliphatic carbocycles. The SMILES string of the molecule is O=c1[nH]ccn1-c1ccc(NCc2ccsc2)cc1. The van der Waals surface area contributed by atoms with E-state index in [0.29, 0.717) is 0 Å². The van der Waals surface area contributed by atoms with Crippen LogP contribution in [0.1, 0.15) is 5.56 Å². The second kappa shape index (κ2) is 5.16. The topological polar surface area (TPSA) is 49.8 Å². The fraction of sp³-hybridized carbons (Fsp3) is 0.0714. The summed E-state index contributed by atoms with van der Waals surface area (Å²) in [4.78, 5) is 14.1. The number of benzene rings is 1. The van der Waals surface area contributed by atoms with Gasteiger partial charge in [0.25, 0.3) is 0 Å². The smallest absolute Gasteiger partial charge is 0.330 e. The lowest BCUT2D eigenvalue weighted by Crippen LogP contribution is -2.13. The van der Waals surface area contributed by atoms with Crippen molar-refractivity contribution in [1.29, 1.82) is 0 Å². The molecule has 3 aromatic rings. The van der Waals surface area contributed by atoms with Gasteiger partial charge < -0.3 is 10.3 Å². The number of nitrogens with zero attached hydrogens (tertiary/aromatic N) is 1. The molecule has 1 aromatic carbocycles. The monoisotopic (exact) mass is 271 g/mol. The standard InChI is InChI=1S/C14H13N3OS/c18-14-15-6-7-17(14)13-3-1-12(2-4-13)16-9-11-5-8-19-10-11/h1-8,10,16H,9H2,(H,15,18). The first-order valence-corrected chi connectivity index (χ1v) is 6.88. The van der Waals surface area contributed by atoms with Gasteiger partial charge in [0.1, 0.15) is 0 Å². The molecule has 0 fully saturated rings. The van der Waals surface area contributed by atoms with Crippen molar-refractivity contribution in [2.75, 3.05) is 5.32 Å². The predicted octanol–water partition coefficient (Wildman–Crippen LogP) is 2.84. The normalized spacial score (nSPS) is 10.5. The van der Waals surface area contributed by atoms with Crippen LogP contribution in [0.3, 0.4) is 0 Å². The Labute approximate surface area is 114 Å². The van der Waals surface area contributed by atoms with Gasteiger partial charge in [0.15, 0.2) is 0 Å². The fourth-order valence-corrected chi connectivity index (χ4v) is 2.53. The number of aromatic amines is 1. The number of hydrogen-bond donors (Lipinski definition) is 2. The first-order chi connectivity index (χ1) is 9.33. The number of imidazole rings is 1. The van der Waals surface area contributed by atoms with Crippen molar-refractivity contribution in [1.82, 2.24) is 9.55 Å². The number of anilines is 1. The highest BCUT2D eigenvalue weighted by molar-refractivity contribution is 7.07. The zero-order chi connectivity index (χ0) is 13.1. The van der Waals surface area contributed by atoms with Gasteiger partial charge in [-0.1, -0.05) is 0 Å². The summed E-state index contributed by atoms with van der Waals surface area (Å²) in [5, 5.41) is 7.54. The maximum Gasteiger partial charge on any atom is 0.330 e. The van der Waals surface area contributed by atoms with Crippen LogP contribution in [0.25, 0.3) is 5.69 Å². The predicted molar refractivity (Wildman–Crippen MR) is 78.0 cm³/mol. The summed E-state index contributed by atoms with van der Waals surface area (Å²) in [6.45, 7) is 0.812. The Kier molecular flexibility index (Phi) is 3.20. The molecule has 0 atom stereocenters. The van der Waals surface area contributed by atoms with Gasteiger partial charge in [-0.2, -0.15) is 11.3 Å². The highest BCUT2D eigenvalue weighted by Crippen LogP contribution is 2.14. The van der Waals surface area contributed by atoms with Gasteiger partial charge >= 0.3 is 5.69 Å². The second-order valence-corrected chi connectivity index (χ2v) is 4.95. The summed E-state index contributed by atoms with van der Waals surface area (Å²) in [6.07, 6.45) is 3.35. The summed E-state index contributed by atoms with van der Waals surface area (Å²) >= 11 is 1.70. The van der Waals surface area contributed by atoms with Crippen molar-refractivity contribution in [2.24, 2.45) is 0 Å². The molecule has 0 unspecified atom stereocenters. The van der Waals surface area contributed by atoms with Crippen molar-refractivity contribution in [3.8, 4) is 5.69 Å². The Bertz CT molecular complexity index is 695. The van der Waals surface area contributed by atoms with Crippen LogP contribution in [-0.2, 0) is 6.54 Å². The fourth-order valence-electron chi connectivity index (χ4n) is 1.86. The molecule has 19 heavy (non-hydrogen) atoms. The first-order valence-electron chi connectivity index (χ1n) is 5.94. The molecule has 4 nitrogen and oxygen atoms in total. The van der Waals surface area contributed by atoms with Gasteiger partial charge in [0.2, 0.25) is 0 Å². The molecule has 0 bridgehead atoms. The van der Waals surface area contributed by atoms with Crippen molar-refractivity contribution < 1.29 is 0 Å². The molecular formula is C14H13N3OS. The van der Waals surface area contributed by atoms with E-state index >= 15 is 0 Å². The Balaban J connectivity index is 1.72. The van der Waals surface area contributed by atoms with E-state index in [2.05, 4.69) is 27.1 Å². The molecule has 2 heterocycles. The minimum atomic E-state index is -0.126. The average Bonchev–Trinajstić information content (AvgIpc) is 3.08. The Morgan fingerprint density at radius 1 is 1.21 bits per heavy atom. The van der Waals surface area contributed by atoms with E-state index in [0.717, 1.165) is 17.9 Å². The molecular weight excluding hydrogens is 258 g/mol. The van der Waals surface area contributed by atoms with Gasteiger partial charge in [-0.3, -0.25) is 4.57 Å². The number of hydrogen-bond acceptors (Lipinski definition) is 3. The van der Waals surface area contributed by atoms with E-state index in [1.54, 1.807) is 28.3 Å². The average molecular weight is 271 g/mol. The van der Waals surface area contributed by atoms with Crippen LogP contribution >= 0.6 is 11.3 Å². The zero-order valence-electron chi connectivity index (χ0n) is 10.2. The lowest BCUT2D eigenvalue weighted by Gasteiger charge is -2.06. The van der Waals surface area contributed by atoms with Gasteiger partial charge in [-0.15, -0.1) is 0 Å². The maximum atomic E-state index is 11.5. The molecule has 2 aromatic heterocycles. The van der Waals surface area contributed by atoms with Crippen LogP contribution in [0.2, 0.25) is 0 Å². The molecule has 0 spiro atoms. The maximum absolute atomic E-state index is 11.5. The van der Waals surface area contributed by atoms with Gasteiger partial charge in [0, 0.05) is 24.6 Å². The molecule has 3 rings (SSSR count). The molecule has 5 heteroatoms. The van der Waals surface area contributed by atoms with Gasteiger partial charge in [-0.25, -0.2) is 4.79 Å². The number of thiophene rings is 1. The molecule has 96 valence electrons. The molecule has 0 aliphatic heterocycles. The molecule has 2 N–H and O–H groups in total. The third kappa shape index (κ3) is 2.61. The van der Waals surface area contributed by atoms with Gasteiger partial charge in [-0.05, 0) is 46.7 Å². The van der Waals surface area contributed by atoms with Crippen molar-refractivity contribution in [3.05, 3.63) is 69.5 Å². The number of aromatic nitrogens is 2. The van der Waals surface area contributed by atoms with Crippen LogP contribution in [0.5, 0.6) is 0 Å². The molecule has 0 saturated carbocycles. The first kappa shape index (κ1) is 11.8. The lowest BCUT2D eigenvalue weighted by atomic mass is 10.2. The minimum Gasteiger partial charge on any atom is -0.381 e. The highest BCUT2D eigenvalue weighted by Gasteiger charge is 2.00. The van der Waals surface area contributed by atoms with Gasteiger partial charge in [0.05, 0.1) is 5.69 Å². The quantitative estimate of drug-likeness (QED) is 0.766. The van der Waals surface area contributed by atoms with E-state index in [1.165, 1.54) is 5.56 Å². The third-order valence-corrected chi connectivity index (χ3v) is 3.60. The van der Waals surface area contributed by atoms with Crippen LogP contribution < -0.4 is 11.0 Å². The van der Waals surface area contributed by atoms with Crippen LogP contribution in [0.4, 0.5) is 5.69 Å². The lowest BCUT2D eigenvalue weighted by molar-refractivity contribution is 0.987. The number of H-pyrrole nitrogens is 1. The summed E-state index contributed by atoms with van der Waals surface area (Å²) in [7, 11) is 0. The van der Waals surface area contributed by atoms with Crippen molar-refractivity contribution in [3.63, 3.8) is 0 Å². The van der Waals surface area contributed by atoms with E-state index in [4.69, 9.17) is 0 Å². The van der Waals surface area contributed by atoms with Crippen molar-refractivity contribution in [2.45, 2.75) is 6.54 Å². The van der Waals surface area contributed by atoms with Crippen LogP contribution in [0, 0.1) is 0 Å². The third-order valence-electron chi connectivity index (χ3n) is 2.87. The number of rotatable bonds is 4. The molecule has 0 aliphatic rings. The van der Waals surface area contributed by atoms with Crippen molar-refractivity contribution >= 4 is 17.0 Å². The molecule has 0 radical (unpaired) electrons. The minimum absolute atomic E-state index is 0.126. The molecule has 0 saturated heterocycles. The van der Waals surface area contributed by atoms with Crippen LogP contribution in [0.15, 0.2) is 58.3 Å². The second-order valence-electron chi connectivity index (χ2n) is 4.17. The van der Waals surface area contributed by atoms with E-state index in [1.807, 2.05) is 24.3 Å². The summed E-state index contributed by atoms with van der Waals surface area (Å²) in [5.41, 5.74) is 3.04. The summed E-state index contributed by atoms with van der Waals surface area (Å²) < 4.78 is 1.57. The Hall–Kier alpha value is -2.27. The Morgan fingerprint density at radius 2 is 2.05 bits per heavy atom. The van der Waals surface area contributed by atoms with E-state index < -0.39 is 0 Å². The zero-order valence-corrected chi connectivity index (χ0v) is 11.0. The largest absolute Gasteiger partial charge is 0.381 e. The molecule has 0 amide bonds. The van der Waals surface area contributed by atoms with Crippen LogP contribution in [-0.4, -0.2) is 9.55 Å². The highest BCUT2D eigenvalue weighted by atomic mass is 32.1. The number of nitrogens with one attached hydrogen (secondary N) is 2. The summed E-state index contributed by atoms with van der Waals surface area (Å²) in [5.74, 6) is 0.